The van der Waals surface area contributed by atoms with Crippen molar-refractivity contribution in [1.29, 1.82) is 0 Å². The summed E-state index contributed by atoms with van der Waals surface area (Å²) in [5.74, 6) is 1.48. The van der Waals surface area contributed by atoms with Gasteiger partial charge in [-0.15, -0.1) is 0 Å². The smallest absolute Gasteiger partial charge is 0.246 e. The normalized spacial score (nSPS) is 22.2. The minimum atomic E-state index is -0.223. The van der Waals surface area contributed by atoms with Gasteiger partial charge in [0.25, 0.3) is 0 Å². The van der Waals surface area contributed by atoms with Crippen LogP contribution in [0.5, 0.6) is 11.5 Å². The minimum Gasteiger partial charge on any atom is -0.454 e. The zero-order valence-corrected chi connectivity index (χ0v) is 13.5. The van der Waals surface area contributed by atoms with Crippen LogP contribution in [0.25, 0.3) is 6.08 Å². The second kappa shape index (κ2) is 6.45. The van der Waals surface area contributed by atoms with Crippen molar-refractivity contribution in [3.63, 3.8) is 0 Å². The van der Waals surface area contributed by atoms with Crippen molar-refractivity contribution in [2.45, 2.75) is 18.4 Å². The Bertz CT molecular complexity index is 645. The molecule has 3 heterocycles. The topological polar surface area (TPSA) is 57.2 Å². The molecule has 4 rings (SSSR count). The van der Waals surface area contributed by atoms with Crippen molar-refractivity contribution < 1.29 is 23.7 Å². The highest BCUT2D eigenvalue weighted by molar-refractivity contribution is 5.92. The molecule has 3 aliphatic rings. The van der Waals surface area contributed by atoms with Gasteiger partial charge >= 0.3 is 0 Å². The molecule has 0 bridgehead atoms. The van der Waals surface area contributed by atoms with Gasteiger partial charge in [0.2, 0.25) is 12.7 Å². The molecule has 0 atom stereocenters. The summed E-state index contributed by atoms with van der Waals surface area (Å²) in [5, 5.41) is 0. The first-order valence-electron chi connectivity index (χ1n) is 8.33. The molecule has 0 aromatic heterocycles. The number of amides is 1. The van der Waals surface area contributed by atoms with Crippen molar-refractivity contribution >= 4 is 12.0 Å². The number of ether oxygens (including phenoxy) is 4. The molecule has 1 aromatic carbocycles. The third kappa shape index (κ3) is 3.12. The summed E-state index contributed by atoms with van der Waals surface area (Å²) in [4.78, 5) is 14.4. The third-order valence-electron chi connectivity index (χ3n) is 4.78. The van der Waals surface area contributed by atoms with Crippen molar-refractivity contribution in [1.82, 2.24) is 4.90 Å². The number of benzene rings is 1. The molecule has 1 spiro atoms. The van der Waals surface area contributed by atoms with E-state index in [1.165, 1.54) is 0 Å². The van der Waals surface area contributed by atoms with E-state index in [0.29, 0.717) is 32.9 Å². The van der Waals surface area contributed by atoms with Crippen LogP contribution >= 0.6 is 0 Å². The first-order chi connectivity index (χ1) is 11.7. The number of morpholine rings is 1. The number of fused-ring (bicyclic) bond motifs is 1. The average molecular weight is 331 g/mol. The first-order valence-corrected chi connectivity index (χ1v) is 8.33. The molecule has 24 heavy (non-hydrogen) atoms. The molecular weight excluding hydrogens is 310 g/mol. The van der Waals surface area contributed by atoms with E-state index in [0.717, 1.165) is 29.9 Å². The van der Waals surface area contributed by atoms with E-state index in [1.54, 1.807) is 6.08 Å². The Morgan fingerprint density at radius 1 is 1.12 bits per heavy atom. The van der Waals surface area contributed by atoms with Crippen LogP contribution in [-0.2, 0) is 14.3 Å². The fraction of sp³-hybridized carbons (Fsp3) is 0.500. The van der Waals surface area contributed by atoms with Gasteiger partial charge < -0.3 is 23.8 Å². The van der Waals surface area contributed by atoms with Crippen molar-refractivity contribution in [3.8, 4) is 11.5 Å². The Balaban J connectivity index is 1.42. The Labute approximate surface area is 140 Å². The second-order valence-corrected chi connectivity index (χ2v) is 6.35. The van der Waals surface area contributed by atoms with Gasteiger partial charge in [0.15, 0.2) is 11.5 Å². The Morgan fingerprint density at radius 2 is 1.96 bits per heavy atom. The van der Waals surface area contributed by atoms with Gasteiger partial charge in [0.1, 0.15) is 0 Å². The van der Waals surface area contributed by atoms with Crippen LogP contribution in [0.1, 0.15) is 18.4 Å². The highest BCUT2D eigenvalue weighted by atomic mass is 16.7. The number of carbonyl (C=O) groups is 1. The van der Waals surface area contributed by atoms with Gasteiger partial charge in [0, 0.05) is 38.7 Å². The van der Waals surface area contributed by atoms with Crippen LogP contribution in [0.15, 0.2) is 24.3 Å². The lowest BCUT2D eigenvalue weighted by atomic mass is 9.92. The fourth-order valence-electron chi connectivity index (χ4n) is 3.37. The maximum Gasteiger partial charge on any atom is 0.246 e. The summed E-state index contributed by atoms with van der Waals surface area (Å²) in [6.45, 7) is 3.52. The van der Waals surface area contributed by atoms with Crippen LogP contribution in [0.4, 0.5) is 0 Å². The summed E-state index contributed by atoms with van der Waals surface area (Å²) in [7, 11) is 0. The lowest BCUT2D eigenvalue weighted by Gasteiger charge is -2.44. The van der Waals surface area contributed by atoms with E-state index in [9.17, 15) is 4.79 Å². The summed E-state index contributed by atoms with van der Waals surface area (Å²) in [5.41, 5.74) is 0.695. The van der Waals surface area contributed by atoms with E-state index >= 15 is 0 Å². The minimum absolute atomic E-state index is 0.0156. The second-order valence-electron chi connectivity index (χ2n) is 6.35. The largest absolute Gasteiger partial charge is 0.454 e. The van der Waals surface area contributed by atoms with Crippen LogP contribution in [0.2, 0.25) is 0 Å². The van der Waals surface area contributed by atoms with Crippen molar-refractivity contribution in [2.75, 3.05) is 39.7 Å². The standard InChI is InChI=1S/C18H21NO5/c20-17(4-2-14-1-3-15-16(11-14)23-13-22-15)19-7-10-24-18(12-19)5-8-21-9-6-18/h1-4,11H,5-10,12-13H2. The van der Waals surface area contributed by atoms with Crippen LogP contribution in [-0.4, -0.2) is 56.1 Å². The molecule has 1 amide bonds. The molecule has 0 unspecified atom stereocenters. The molecule has 1 aromatic rings. The molecule has 6 heteroatoms. The van der Waals surface area contributed by atoms with E-state index in [-0.39, 0.29) is 18.3 Å². The molecule has 0 aliphatic carbocycles. The highest BCUT2D eigenvalue weighted by Crippen LogP contribution is 2.33. The quantitative estimate of drug-likeness (QED) is 0.774. The fourth-order valence-corrected chi connectivity index (χ4v) is 3.37. The molecule has 0 saturated carbocycles. The summed E-state index contributed by atoms with van der Waals surface area (Å²) >= 11 is 0. The lowest BCUT2D eigenvalue weighted by Crippen LogP contribution is -2.55. The molecule has 3 aliphatic heterocycles. The number of hydrogen-bond donors (Lipinski definition) is 0. The monoisotopic (exact) mass is 331 g/mol. The predicted octanol–water partition coefficient (Wildman–Crippen LogP) is 1.84. The summed E-state index contributed by atoms with van der Waals surface area (Å²) in [6, 6.07) is 5.65. The molecule has 2 fully saturated rings. The summed E-state index contributed by atoms with van der Waals surface area (Å²) < 4.78 is 22.0. The highest BCUT2D eigenvalue weighted by Gasteiger charge is 2.39. The van der Waals surface area contributed by atoms with Crippen LogP contribution in [0, 0.1) is 0 Å². The van der Waals surface area contributed by atoms with E-state index < -0.39 is 0 Å². The van der Waals surface area contributed by atoms with Gasteiger partial charge in [-0.05, 0) is 23.8 Å². The SMILES string of the molecule is O=C(C=Cc1ccc2c(c1)OCO2)N1CCOC2(CCOCC2)C1. The first kappa shape index (κ1) is 15.5. The number of rotatable bonds is 2. The van der Waals surface area contributed by atoms with E-state index in [2.05, 4.69) is 0 Å². The van der Waals surface area contributed by atoms with Crippen LogP contribution in [0.3, 0.4) is 0 Å². The van der Waals surface area contributed by atoms with Crippen molar-refractivity contribution in [3.05, 3.63) is 29.8 Å². The molecule has 128 valence electrons. The van der Waals surface area contributed by atoms with Crippen LogP contribution < -0.4 is 9.47 Å². The van der Waals surface area contributed by atoms with Gasteiger partial charge in [-0.25, -0.2) is 0 Å². The van der Waals surface area contributed by atoms with E-state index in [4.69, 9.17) is 18.9 Å². The predicted molar refractivity (Wildman–Crippen MR) is 86.9 cm³/mol. The van der Waals surface area contributed by atoms with Gasteiger partial charge in [-0.2, -0.15) is 0 Å². The Hall–Kier alpha value is -2.05. The zero-order chi connectivity index (χ0) is 16.4. The summed E-state index contributed by atoms with van der Waals surface area (Å²) in [6.07, 6.45) is 5.14. The Morgan fingerprint density at radius 3 is 2.83 bits per heavy atom. The van der Waals surface area contributed by atoms with Crippen molar-refractivity contribution in [2.24, 2.45) is 0 Å². The average Bonchev–Trinajstić information content (AvgIpc) is 3.08. The number of carbonyl (C=O) groups excluding carboxylic acids is 1. The van der Waals surface area contributed by atoms with Gasteiger partial charge in [-0.3, -0.25) is 4.79 Å². The number of hydrogen-bond acceptors (Lipinski definition) is 5. The molecule has 0 N–H and O–H groups in total. The maximum absolute atomic E-state index is 12.5. The zero-order valence-electron chi connectivity index (χ0n) is 13.5. The molecule has 2 saturated heterocycles. The number of nitrogens with zero attached hydrogens (tertiary/aromatic N) is 1. The maximum atomic E-state index is 12.5. The molecule has 0 radical (unpaired) electrons. The lowest BCUT2D eigenvalue weighted by molar-refractivity contribution is -0.164. The molecule has 6 nitrogen and oxygen atoms in total. The van der Waals surface area contributed by atoms with E-state index in [1.807, 2.05) is 29.2 Å². The third-order valence-corrected chi connectivity index (χ3v) is 4.78. The molecular formula is C18H21NO5. The van der Waals surface area contributed by atoms with Gasteiger partial charge in [-0.1, -0.05) is 6.07 Å². The van der Waals surface area contributed by atoms with Gasteiger partial charge in [0.05, 0.1) is 18.8 Å². The Kier molecular flexibility index (Phi) is 4.16.